The number of nitrogens with zero attached hydrogens (tertiary/aromatic N) is 1. The van der Waals surface area contributed by atoms with Crippen molar-refractivity contribution in [3.8, 4) is 0 Å². The van der Waals surface area contributed by atoms with Crippen molar-refractivity contribution in [3.63, 3.8) is 0 Å². The number of thioether (sulfide) groups is 1. The van der Waals surface area contributed by atoms with E-state index < -0.39 is 0 Å². The van der Waals surface area contributed by atoms with Gasteiger partial charge >= 0.3 is 0 Å². The van der Waals surface area contributed by atoms with Crippen molar-refractivity contribution in [2.24, 2.45) is 11.8 Å². The summed E-state index contributed by atoms with van der Waals surface area (Å²) in [5.41, 5.74) is 0. The van der Waals surface area contributed by atoms with Gasteiger partial charge in [-0.05, 0) is 37.8 Å². The number of hydrogen-bond donors (Lipinski definition) is 2. The molecular weight excluding hydrogens is 294 g/mol. The van der Waals surface area contributed by atoms with Crippen molar-refractivity contribution in [3.05, 3.63) is 0 Å². The summed E-state index contributed by atoms with van der Waals surface area (Å²) in [5.74, 6) is 3.87. The lowest BCUT2D eigenvalue weighted by Crippen LogP contribution is -2.50. The lowest BCUT2D eigenvalue weighted by Gasteiger charge is -2.39. The molecule has 2 aliphatic rings. The van der Waals surface area contributed by atoms with E-state index in [0.717, 1.165) is 24.8 Å². The van der Waals surface area contributed by atoms with Crippen molar-refractivity contribution in [1.29, 1.82) is 0 Å². The van der Waals surface area contributed by atoms with Gasteiger partial charge in [0.05, 0.1) is 0 Å². The summed E-state index contributed by atoms with van der Waals surface area (Å²) in [6, 6.07) is 0.831. The molecule has 0 aromatic rings. The molecule has 2 rings (SSSR count). The third-order valence-electron chi connectivity index (χ3n) is 5.00. The Bertz CT molecular complexity index is 337. The van der Waals surface area contributed by atoms with E-state index in [4.69, 9.17) is 0 Å². The molecular formula is C17H33N3OS. The number of carbonyl (C=O) groups excluding carboxylic acids is 1. The average Bonchev–Trinajstić information content (AvgIpc) is 2.50. The van der Waals surface area contributed by atoms with Crippen LogP contribution in [0.1, 0.15) is 40.0 Å². The maximum Gasteiger partial charge on any atom is 0.221 e. The summed E-state index contributed by atoms with van der Waals surface area (Å²) in [6.45, 7) is 11.1. The molecule has 0 saturated carbocycles. The zero-order chi connectivity index (χ0) is 15.9. The van der Waals surface area contributed by atoms with Crippen LogP contribution in [-0.2, 0) is 4.79 Å². The smallest absolute Gasteiger partial charge is 0.221 e. The van der Waals surface area contributed by atoms with Crippen LogP contribution in [0.2, 0.25) is 0 Å². The Labute approximate surface area is 140 Å². The topological polar surface area (TPSA) is 44.4 Å². The van der Waals surface area contributed by atoms with Gasteiger partial charge in [-0.3, -0.25) is 9.69 Å². The molecule has 4 nitrogen and oxygen atoms in total. The fraction of sp³-hybridized carbons (Fsp3) is 0.941. The van der Waals surface area contributed by atoms with Crippen molar-refractivity contribution >= 4 is 17.7 Å². The van der Waals surface area contributed by atoms with Crippen LogP contribution in [0.25, 0.3) is 0 Å². The molecule has 0 aromatic heterocycles. The first-order chi connectivity index (χ1) is 10.6. The van der Waals surface area contributed by atoms with Crippen LogP contribution in [0.3, 0.4) is 0 Å². The molecule has 2 saturated heterocycles. The number of hydrogen-bond acceptors (Lipinski definition) is 4. The Morgan fingerprint density at radius 3 is 2.68 bits per heavy atom. The van der Waals surface area contributed by atoms with Gasteiger partial charge in [0.25, 0.3) is 0 Å². The number of rotatable bonds is 6. The summed E-state index contributed by atoms with van der Waals surface area (Å²) in [7, 11) is 0. The highest BCUT2D eigenvalue weighted by Crippen LogP contribution is 2.21. The monoisotopic (exact) mass is 327 g/mol. The van der Waals surface area contributed by atoms with Crippen molar-refractivity contribution in [2.75, 3.05) is 37.7 Å². The summed E-state index contributed by atoms with van der Waals surface area (Å²) in [4.78, 5) is 14.8. The van der Waals surface area contributed by atoms with Gasteiger partial charge in [0.2, 0.25) is 5.91 Å². The Morgan fingerprint density at radius 1 is 1.36 bits per heavy atom. The zero-order valence-electron chi connectivity index (χ0n) is 14.4. The molecule has 2 atom stereocenters. The molecule has 22 heavy (non-hydrogen) atoms. The molecule has 2 unspecified atom stereocenters. The lowest BCUT2D eigenvalue weighted by molar-refractivity contribution is -0.121. The quantitative estimate of drug-likeness (QED) is 0.783. The van der Waals surface area contributed by atoms with Crippen molar-refractivity contribution < 1.29 is 4.79 Å². The molecule has 1 amide bonds. The predicted octanol–water partition coefficient (Wildman–Crippen LogP) is 1.95. The number of amides is 1. The summed E-state index contributed by atoms with van der Waals surface area (Å²) < 4.78 is 0. The van der Waals surface area contributed by atoms with Gasteiger partial charge in [-0.15, -0.1) is 0 Å². The average molecular weight is 328 g/mol. The van der Waals surface area contributed by atoms with E-state index in [0.29, 0.717) is 24.4 Å². The maximum atomic E-state index is 12.2. The fourth-order valence-corrected chi connectivity index (χ4v) is 4.36. The first kappa shape index (κ1) is 18.1. The molecule has 2 N–H and O–H groups in total. The highest BCUT2D eigenvalue weighted by atomic mass is 32.2. The van der Waals surface area contributed by atoms with Crippen molar-refractivity contribution in [2.45, 2.75) is 52.1 Å². The van der Waals surface area contributed by atoms with Crippen LogP contribution in [0.4, 0.5) is 0 Å². The molecule has 0 spiro atoms. The molecule has 0 aromatic carbocycles. The van der Waals surface area contributed by atoms with Crippen LogP contribution < -0.4 is 10.6 Å². The molecule has 128 valence electrons. The van der Waals surface area contributed by atoms with E-state index in [9.17, 15) is 4.79 Å². The minimum atomic E-state index is 0.205. The van der Waals surface area contributed by atoms with Gasteiger partial charge in [-0.25, -0.2) is 0 Å². The second kappa shape index (κ2) is 9.14. The number of carbonyl (C=O) groups is 1. The fourth-order valence-electron chi connectivity index (χ4n) is 3.41. The Balaban J connectivity index is 1.74. The minimum Gasteiger partial charge on any atom is -0.354 e. The second-order valence-corrected chi connectivity index (χ2v) is 8.41. The standard InChI is InChI=1S/C17H33N3OS/c1-13(2)16(20-7-4-14(3)5-8-20)11-19-17(21)10-15-12-22-9-6-18-15/h13-16,18H,4-12H2,1-3H3,(H,19,21). The van der Waals surface area contributed by atoms with Crippen LogP contribution in [-0.4, -0.2) is 60.6 Å². The van der Waals surface area contributed by atoms with E-state index in [2.05, 4.69) is 36.3 Å². The molecule has 2 heterocycles. The Kier molecular flexibility index (Phi) is 7.51. The van der Waals surface area contributed by atoms with Gasteiger partial charge in [0.15, 0.2) is 0 Å². The largest absolute Gasteiger partial charge is 0.354 e. The van der Waals surface area contributed by atoms with E-state index in [1.54, 1.807) is 0 Å². The van der Waals surface area contributed by atoms with Gasteiger partial charge in [0.1, 0.15) is 0 Å². The van der Waals surface area contributed by atoms with E-state index >= 15 is 0 Å². The number of piperidine rings is 1. The molecule has 5 heteroatoms. The highest BCUT2D eigenvalue weighted by Gasteiger charge is 2.26. The van der Waals surface area contributed by atoms with Crippen LogP contribution in [0.5, 0.6) is 0 Å². The SMILES string of the molecule is CC1CCN(C(CNC(=O)CC2CSCCN2)C(C)C)CC1. The van der Waals surface area contributed by atoms with E-state index in [1.165, 1.54) is 31.7 Å². The summed E-state index contributed by atoms with van der Waals surface area (Å²) in [6.07, 6.45) is 3.20. The molecule has 0 radical (unpaired) electrons. The van der Waals surface area contributed by atoms with Crippen LogP contribution >= 0.6 is 11.8 Å². The van der Waals surface area contributed by atoms with Gasteiger partial charge in [0, 0.05) is 43.1 Å². The van der Waals surface area contributed by atoms with Crippen molar-refractivity contribution in [1.82, 2.24) is 15.5 Å². The zero-order valence-corrected chi connectivity index (χ0v) is 15.3. The molecule has 2 fully saturated rings. The molecule has 2 aliphatic heterocycles. The van der Waals surface area contributed by atoms with Crippen LogP contribution in [0, 0.1) is 11.8 Å². The second-order valence-electron chi connectivity index (χ2n) is 7.26. The summed E-state index contributed by atoms with van der Waals surface area (Å²) in [5, 5.41) is 6.63. The van der Waals surface area contributed by atoms with E-state index in [1.807, 2.05) is 11.8 Å². The first-order valence-corrected chi connectivity index (χ1v) is 10.0. The molecule has 0 aliphatic carbocycles. The normalized spacial score (nSPS) is 26.1. The third-order valence-corrected chi connectivity index (χ3v) is 6.13. The van der Waals surface area contributed by atoms with E-state index in [-0.39, 0.29) is 5.91 Å². The third kappa shape index (κ3) is 5.74. The highest BCUT2D eigenvalue weighted by molar-refractivity contribution is 7.99. The van der Waals surface area contributed by atoms with Gasteiger partial charge < -0.3 is 10.6 Å². The Morgan fingerprint density at radius 2 is 2.09 bits per heavy atom. The number of nitrogens with one attached hydrogen (secondary N) is 2. The first-order valence-electron chi connectivity index (χ1n) is 8.88. The Hall–Kier alpha value is -0.260. The van der Waals surface area contributed by atoms with Gasteiger partial charge in [-0.1, -0.05) is 20.8 Å². The minimum absolute atomic E-state index is 0.205. The summed E-state index contributed by atoms with van der Waals surface area (Å²) >= 11 is 1.95. The number of likely N-dealkylation sites (tertiary alicyclic amines) is 1. The lowest BCUT2D eigenvalue weighted by atomic mass is 9.94. The molecule has 0 bridgehead atoms. The van der Waals surface area contributed by atoms with Gasteiger partial charge in [-0.2, -0.15) is 11.8 Å². The maximum absolute atomic E-state index is 12.2. The van der Waals surface area contributed by atoms with Crippen LogP contribution in [0.15, 0.2) is 0 Å². The predicted molar refractivity (Wildman–Crippen MR) is 95.3 cm³/mol.